The number of hydrogen-bond acceptors (Lipinski definition) is 13. The maximum absolute atomic E-state index is 11.8. The topological polar surface area (TPSA) is 279 Å². The molecule has 6 atom stereocenters. The number of fused-ring (bicyclic) bond motifs is 1. The van der Waals surface area contributed by atoms with Crippen LogP contribution in [0, 0.1) is 0 Å². The van der Waals surface area contributed by atoms with Gasteiger partial charge >= 0.3 is 42.9 Å². The number of nitrogen functional groups attached to an aromatic ring is 1. The van der Waals surface area contributed by atoms with Crippen molar-refractivity contribution in [3.8, 4) is 0 Å². The van der Waals surface area contributed by atoms with Gasteiger partial charge in [-0.05, 0) is 0 Å². The van der Waals surface area contributed by atoms with E-state index in [4.69, 9.17) is 25.2 Å². The van der Waals surface area contributed by atoms with Crippen molar-refractivity contribution in [2.45, 2.75) is 24.5 Å². The Balaban J connectivity index is 0.00000363. The standard InChI is InChI=1S/C10H16N5O13P3.Zn/c11-8-5-9(13-2-12-8)15(3-14-5)10-7(17)6(16)4(26-10)1-25-30(21,22)28-31(23,24)27-29(18,19)20;/h2-4,6-7,10,16-17H,1H2,(H,21,22)(H,23,24)(H2,11,12,13)(H2,18,19,20);/q;+2/t4-,6-,7-,10-;/m1./s1. The van der Waals surface area contributed by atoms with Crippen LogP contribution in [0.5, 0.6) is 0 Å². The molecule has 2 aromatic heterocycles. The summed E-state index contributed by atoms with van der Waals surface area (Å²) < 4.78 is 51.9. The molecule has 0 spiro atoms. The Hall–Kier alpha value is -0.737. The first-order chi connectivity index (χ1) is 14.2. The van der Waals surface area contributed by atoms with E-state index in [1.807, 2.05) is 0 Å². The average molecular weight is 573 g/mol. The van der Waals surface area contributed by atoms with E-state index in [2.05, 4.69) is 28.1 Å². The van der Waals surface area contributed by atoms with Crippen LogP contribution < -0.4 is 5.73 Å². The van der Waals surface area contributed by atoms with Gasteiger partial charge in [-0.3, -0.25) is 9.09 Å². The minimum atomic E-state index is -5.70. The first kappa shape index (κ1) is 27.5. The zero-order valence-electron chi connectivity index (χ0n) is 15.6. The van der Waals surface area contributed by atoms with Crippen molar-refractivity contribution in [1.82, 2.24) is 19.5 Å². The summed E-state index contributed by atoms with van der Waals surface area (Å²) in [6.07, 6.45) is -3.69. The summed E-state index contributed by atoms with van der Waals surface area (Å²) >= 11 is 0. The van der Waals surface area contributed by atoms with Crippen molar-refractivity contribution in [1.29, 1.82) is 0 Å². The average Bonchev–Trinajstić information content (AvgIpc) is 3.13. The Morgan fingerprint density at radius 1 is 1.03 bits per heavy atom. The van der Waals surface area contributed by atoms with E-state index in [1.165, 1.54) is 10.9 Å². The number of phosphoric ester groups is 1. The molecule has 0 aromatic carbocycles. The Morgan fingerprint density at radius 3 is 2.31 bits per heavy atom. The minimum absolute atomic E-state index is 0. The van der Waals surface area contributed by atoms with Crippen molar-refractivity contribution in [2.75, 3.05) is 12.3 Å². The molecule has 18 nitrogen and oxygen atoms in total. The van der Waals surface area contributed by atoms with Crippen molar-refractivity contribution >= 4 is 40.4 Å². The fourth-order valence-corrected chi connectivity index (χ4v) is 5.65. The second-order valence-electron chi connectivity index (χ2n) is 6.02. The summed E-state index contributed by atoms with van der Waals surface area (Å²) in [7, 11) is -16.7. The molecular weight excluding hydrogens is 556 g/mol. The van der Waals surface area contributed by atoms with E-state index in [0.29, 0.717) is 0 Å². The maximum Gasteiger partial charge on any atom is 2.00 e. The first-order valence-electron chi connectivity index (χ1n) is 7.92. The van der Waals surface area contributed by atoms with E-state index in [-0.39, 0.29) is 36.5 Å². The summed E-state index contributed by atoms with van der Waals surface area (Å²) in [4.78, 5) is 47.2. The molecule has 2 unspecified atom stereocenters. The molecule has 3 heterocycles. The SMILES string of the molecule is Nc1ncnc2c1ncn2[C@@H]1O[C@H](COP(=O)(O)OP(=O)(O)OP(=O)(O)O)[C@@H](O)[C@H]1O.[Zn+2]. The first-order valence-corrected chi connectivity index (χ1v) is 12.4. The zero-order chi connectivity index (χ0) is 23.2. The van der Waals surface area contributed by atoms with E-state index >= 15 is 0 Å². The second-order valence-corrected chi connectivity index (χ2v) is 10.4. The number of aliphatic hydroxyl groups excluding tert-OH is 2. The number of nitrogens with two attached hydrogens (primary N) is 1. The second kappa shape index (κ2) is 9.86. The van der Waals surface area contributed by atoms with Gasteiger partial charge in [0.05, 0.1) is 12.9 Å². The number of hydrogen-bond donors (Lipinski definition) is 7. The van der Waals surface area contributed by atoms with Gasteiger partial charge in [-0.25, -0.2) is 28.6 Å². The molecule has 2 aromatic rings. The molecule has 0 aliphatic carbocycles. The Morgan fingerprint density at radius 2 is 1.69 bits per heavy atom. The fourth-order valence-electron chi connectivity index (χ4n) is 2.62. The summed E-state index contributed by atoms with van der Waals surface area (Å²) in [6.45, 7) is -0.956. The monoisotopic (exact) mass is 571 g/mol. The van der Waals surface area contributed by atoms with Crippen LogP contribution in [0.15, 0.2) is 12.7 Å². The number of ether oxygens (including phenoxy) is 1. The quantitative estimate of drug-likeness (QED) is 0.138. The number of aromatic nitrogens is 4. The molecule has 0 amide bonds. The predicted octanol–water partition coefficient (Wildman–Crippen LogP) is -1.63. The van der Waals surface area contributed by atoms with E-state index in [9.17, 15) is 28.8 Å². The summed E-state index contributed by atoms with van der Waals surface area (Å²) in [5.41, 5.74) is 6.00. The molecule has 8 N–H and O–H groups in total. The smallest absolute Gasteiger partial charge is 0.387 e. The van der Waals surface area contributed by atoms with Gasteiger partial charge in [0, 0.05) is 0 Å². The third-order valence-corrected chi connectivity index (χ3v) is 7.62. The van der Waals surface area contributed by atoms with Crippen molar-refractivity contribution in [2.24, 2.45) is 0 Å². The third-order valence-electron chi connectivity index (χ3n) is 3.82. The van der Waals surface area contributed by atoms with Gasteiger partial charge in [0.1, 0.15) is 30.2 Å². The van der Waals surface area contributed by atoms with Gasteiger partial charge in [-0.2, -0.15) is 8.62 Å². The van der Waals surface area contributed by atoms with Crippen LogP contribution in [0.3, 0.4) is 0 Å². The zero-order valence-corrected chi connectivity index (χ0v) is 21.3. The van der Waals surface area contributed by atoms with E-state index < -0.39 is 54.6 Å². The van der Waals surface area contributed by atoms with Crippen molar-refractivity contribution in [3.63, 3.8) is 0 Å². The van der Waals surface area contributed by atoms with Gasteiger partial charge in [-0.15, -0.1) is 0 Å². The van der Waals surface area contributed by atoms with Crippen LogP contribution in [0.1, 0.15) is 6.23 Å². The van der Waals surface area contributed by atoms with E-state index in [1.54, 1.807) is 0 Å². The van der Waals surface area contributed by atoms with Gasteiger partial charge < -0.3 is 40.3 Å². The van der Waals surface area contributed by atoms with Gasteiger partial charge in [0.25, 0.3) is 0 Å². The number of aliphatic hydroxyl groups is 2. The largest absolute Gasteiger partial charge is 2.00 e. The summed E-state index contributed by atoms with van der Waals surface area (Å²) in [5, 5.41) is 20.4. The van der Waals surface area contributed by atoms with Crippen LogP contribution in [-0.2, 0) is 51.1 Å². The molecular formula is C10H16N5O13P3Zn+2. The molecule has 174 valence electrons. The molecule has 1 fully saturated rings. The Bertz CT molecular complexity index is 1110. The number of nitrogens with zero attached hydrogens (tertiary/aromatic N) is 4. The maximum atomic E-state index is 11.8. The molecule has 1 aliphatic rings. The van der Waals surface area contributed by atoms with Crippen LogP contribution in [0.2, 0.25) is 0 Å². The van der Waals surface area contributed by atoms with E-state index in [0.717, 1.165) is 6.33 Å². The van der Waals surface area contributed by atoms with Crippen LogP contribution >= 0.6 is 23.5 Å². The molecule has 3 rings (SSSR count). The van der Waals surface area contributed by atoms with Crippen molar-refractivity contribution < 1.29 is 80.8 Å². The molecule has 1 aliphatic heterocycles. The fraction of sp³-hybridized carbons (Fsp3) is 0.500. The van der Waals surface area contributed by atoms with Crippen LogP contribution in [-0.4, -0.2) is 74.2 Å². The molecule has 0 radical (unpaired) electrons. The molecule has 22 heteroatoms. The number of rotatable bonds is 8. The molecule has 32 heavy (non-hydrogen) atoms. The molecule has 0 bridgehead atoms. The number of imidazole rings is 1. The van der Waals surface area contributed by atoms with Gasteiger partial charge in [0.2, 0.25) is 0 Å². The van der Waals surface area contributed by atoms with Crippen LogP contribution in [0.4, 0.5) is 5.82 Å². The Labute approximate surface area is 190 Å². The number of phosphoric acid groups is 3. The predicted molar refractivity (Wildman–Crippen MR) is 95.5 cm³/mol. The Kier molecular flexibility index (Phi) is 8.48. The minimum Gasteiger partial charge on any atom is -0.387 e. The number of anilines is 1. The summed E-state index contributed by atoms with van der Waals surface area (Å²) in [6, 6.07) is 0. The van der Waals surface area contributed by atoms with Gasteiger partial charge in [0.15, 0.2) is 17.7 Å². The van der Waals surface area contributed by atoms with Crippen molar-refractivity contribution in [3.05, 3.63) is 12.7 Å². The molecule has 0 saturated carbocycles. The normalized spacial score (nSPS) is 27.6. The van der Waals surface area contributed by atoms with Gasteiger partial charge in [-0.1, -0.05) is 0 Å². The third kappa shape index (κ3) is 6.44. The van der Waals surface area contributed by atoms with Crippen LogP contribution in [0.25, 0.3) is 11.2 Å². The summed E-state index contributed by atoms with van der Waals surface area (Å²) in [5.74, 6) is 0.0426. The molecule has 1 saturated heterocycles.